The van der Waals surface area contributed by atoms with Crippen LogP contribution in [-0.4, -0.2) is 38.7 Å². The molecule has 0 fully saturated rings. The fourth-order valence-electron chi connectivity index (χ4n) is 2.69. The molecule has 0 saturated carbocycles. The maximum atomic E-state index is 12.6. The van der Waals surface area contributed by atoms with E-state index in [2.05, 4.69) is 10.9 Å². The molecule has 0 bridgehead atoms. The van der Waals surface area contributed by atoms with Gasteiger partial charge in [-0.25, -0.2) is 0 Å². The van der Waals surface area contributed by atoms with Crippen LogP contribution in [-0.2, 0) is 11.2 Å². The van der Waals surface area contributed by atoms with Crippen LogP contribution in [0.25, 0.3) is 0 Å². The van der Waals surface area contributed by atoms with Gasteiger partial charge in [0.15, 0.2) is 11.5 Å². The van der Waals surface area contributed by atoms with Gasteiger partial charge in [0.25, 0.3) is 5.91 Å². The lowest BCUT2D eigenvalue weighted by Gasteiger charge is -2.17. The van der Waals surface area contributed by atoms with Crippen molar-refractivity contribution in [3.63, 3.8) is 0 Å². The molecule has 0 aliphatic heterocycles. The number of benzene rings is 2. The smallest absolute Gasteiger partial charge is 0.269 e. The van der Waals surface area contributed by atoms with Crippen molar-refractivity contribution in [2.45, 2.75) is 27.2 Å². The number of amides is 2. The van der Waals surface area contributed by atoms with Gasteiger partial charge in [-0.3, -0.25) is 20.4 Å². The molecule has 0 aromatic heterocycles. The molecule has 2 N–H and O–H groups in total. The van der Waals surface area contributed by atoms with Crippen LogP contribution >= 0.6 is 0 Å². The zero-order chi connectivity index (χ0) is 21.9. The normalized spacial score (nSPS) is 10.1. The molecule has 8 nitrogen and oxygen atoms in total. The summed E-state index contributed by atoms with van der Waals surface area (Å²) in [4.78, 5) is 24.7. The van der Waals surface area contributed by atoms with Crippen LogP contribution in [0.3, 0.4) is 0 Å². The monoisotopic (exact) mass is 416 g/mol. The lowest BCUT2D eigenvalue weighted by atomic mass is 10.1. The predicted octanol–water partition coefficient (Wildman–Crippen LogP) is 2.90. The van der Waals surface area contributed by atoms with Gasteiger partial charge in [-0.05, 0) is 50.6 Å². The molecule has 0 atom stereocenters. The number of ether oxygens (including phenoxy) is 4. The van der Waals surface area contributed by atoms with E-state index in [0.29, 0.717) is 42.8 Å². The molecular formula is C22H28N2O6. The van der Waals surface area contributed by atoms with E-state index in [-0.39, 0.29) is 17.9 Å². The zero-order valence-electron chi connectivity index (χ0n) is 17.7. The minimum absolute atomic E-state index is 0.113. The fourth-order valence-corrected chi connectivity index (χ4v) is 2.69. The average Bonchev–Trinajstić information content (AvgIpc) is 2.75. The summed E-state index contributed by atoms with van der Waals surface area (Å²) < 4.78 is 21.9. The summed E-state index contributed by atoms with van der Waals surface area (Å²) in [6.07, 6.45) is 0.113. The third kappa shape index (κ3) is 6.30. The van der Waals surface area contributed by atoms with E-state index in [1.807, 2.05) is 20.8 Å². The molecule has 0 saturated heterocycles. The van der Waals surface area contributed by atoms with Crippen LogP contribution in [0.2, 0.25) is 0 Å². The number of hydrogen-bond acceptors (Lipinski definition) is 6. The molecule has 2 aromatic carbocycles. The Kier molecular flexibility index (Phi) is 8.80. The van der Waals surface area contributed by atoms with Crippen LogP contribution in [0.4, 0.5) is 0 Å². The highest BCUT2D eigenvalue weighted by atomic mass is 16.5. The lowest BCUT2D eigenvalue weighted by Crippen LogP contribution is -2.42. The topological polar surface area (TPSA) is 95.1 Å². The number of methoxy groups -OCH3 is 1. The average molecular weight is 416 g/mol. The number of hydrogen-bond donors (Lipinski definition) is 2. The van der Waals surface area contributed by atoms with Crippen LogP contribution in [0, 0.1) is 0 Å². The molecule has 2 amide bonds. The molecule has 162 valence electrons. The lowest BCUT2D eigenvalue weighted by molar-refractivity contribution is -0.121. The summed E-state index contributed by atoms with van der Waals surface area (Å²) >= 11 is 0. The van der Waals surface area contributed by atoms with Gasteiger partial charge >= 0.3 is 0 Å². The number of hydrazine groups is 1. The van der Waals surface area contributed by atoms with Crippen molar-refractivity contribution in [1.29, 1.82) is 0 Å². The van der Waals surface area contributed by atoms with E-state index in [4.69, 9.17) is 18.9 Å². The van der Waals surface area contributed by atoms with Crippen LogP contribution in [0.15, 0.2) is 36.4 Å². The predicted molar refractivity (Wildman–Crippen MR) is 112 cm³/mol. The second-order valence-electron chi connectivity index (χ2n) is 6.13. The second-order valence-corrected chi connectivity index (χ2v) is 6.13. The first-order chi connectivity index (χ1) is 14.5. The quantitative estimate of drug-likeness (QED) is 0.579. The van der Waals surface area contributed by atoms with Crippen molar-refractivity contribution < 1.29 is 28.5 Å². The highest BCUT2D eigenvalue weighted by Crippen LogP contribution is 2.39. The summed E-state index contributed by atoms with van der Waals surface area (Å²) in [5, 5.41) is 0. The van der Waals surface area contributed by atoms with Gasteiger partial charge in [0, 0.05) is 5.56 Å². The molecule has 0 unspecified atom stereocenters. The van der Waals surface area contributed by atoms with Crippen LogP contribution in [0.1, 0.15) is 36.7 Å². The minimum atomic E-state index is -0.497. The van der Waals surface area contributed by atoms with Gasteiger partial charge < -0.3 is 18.9 Å². The third-order valence-corrected chi connectivity index (χ3v) is 4.01. The Morgan fingerprint density at radius 3 is 1.90 bits per heavy atom. The van der Waals surface area contributed by atoms with Crippen molar-refractivity contribution >= 4 is 11.8 Å². The summed E-state index contributed by atoms with van der Waals surface area (Å²) in [5.74, 6) is 1.11. The Balaban J connectivity index is 2.08. The van der Waals surface area contributed by atoms with Crippen molar-refractivity contribution in [2.75, 3.05) is 26.9 Å². The van der Waals surface area contributed by atoms with Gasteiger partial charge in [0.05, 0.1) is 33.4 Å². The van der Waals surface area contributed by atoms with Crippen molar-refractivity contribution in [3.05, 3.63) is 47.5 Å². The Morgan fingerprint density at radius 2 is 1.40 bits per heavy atom. The van der Waals surface area contributed by atoms with Crippen LogP contribution < -0.4 is 29.8 Å². The number of rotatable bonds is 10. The van der Waals surface area contributed by atoms with E-state index < -0.39 is 5.91 Å². The number of nitrogens with one attached hydrogen (secondary N) is 2. The molecule has 0 aliphatic carbocycles. The Labute approximate surface area is 176 Å². The SMILES string of the molecule is CCOc1cc(C(=O)NNC(=O)Cc2ccc(OC)cc2)cc(OCC)c1OCC. The summed E-state index contributed by atoms with van der Waals surface area (Å²) in [5.41, 5.74) is 5.90. The fraction of sp³-hybridized carbons (Fsp3) is 0.364. The van der Waals surface area contributed by atoms with Crippen molar-refractivity contribution in [3.8, 4) is 23.0 Å². The maximum Gasteiger partial charge on any atom is 0.269 e. The standard InChI is InChI=1S/C22H28N2O6/c1-5-28-18-13-16(14-19(29-6-2)21(18)30-7-3)22(26)24-23-20(25)12-15-8-10-17(27-4)11-9-15/h8-11,13-14H,5-7,12H2,1-4H3,(H,23,25)(H,24,26). The molecular weight excluding hydrogens is 388 g/mol. The Hall–Kier alpha value is -3.42. The van der Waals surface area contributed by atoms with Crippen LogP contribution in [0.5, 0.6) is 23.0 Å². The summed E-state index contributed by atoms with van der Waals surface area (Å²) in [6.45, 7) is 6.74. The van der Waals surface area contributed by atoms with E-state index in [0.717, 1.165) is 5.56 Å². The van der Waals surface area contributed by atoms with E-state index in [1.54, 1.807) is 43.5 Å². The minimum Gasteiger partial charge on any atom is -0.497 e. The van der Waals surface area contributed by atoms with E-state index in [1.165, 1.54) is 0 Å². The third-order valence-electron chi connectivity index (χ3n) is 4.01. The maximum absolute atomic E-state index is 12.6. The molecule has 30 heavy (non-hydrogen) atoms. The highest BCUT2D eigenvalue weighted by Gasteiger charge is 2.18. The van der Waals surface area contributed by atoms with Gasteiger partial charge in [0.2, 0.25) is 11.7 Å². The number of carbonyl (C=O) groups excluding carboxylic acids is 2. The highest BCUT2D eigenvalue weighted by molar-refractivity contribution is 5.96. The Bertz CT molecular complexity index is 824. The number of carbonyl (C=O) groups is 2. The molecule has 0 spiro atoms. The van der Waals surface area contributed by atoms with Crippen molar-refractivity contribution in [2.24, 2.45) is 0 Å². The summed E-state index contributed by atoms with van der Waals surface area (Å²) in [7, 11) is 1.58. The van der Waals surface area contributed by atoms with Crippen molar-refractivity contribution in [1.82, 2.24) is 10.9 Å². The second kappa shape index (κ2) is 11.5. The van der Waals surface area contributed by atoms with E-state index >= 15 is 0 Å². The van der Waals surface area contributed by atoms with E-state index in [9.17, 15) is 9.59 Å². The first-order valence-electron chi connectivity index (χ1n) is 9.80. The van der Waals surface area contributed by atoms with Gasteiger partial charge in [-0.2, -0.15) is 0 Å². The van der Waals surface area contributed by atoms with Gasteiger partial charge in [0.1, 0.15) is 5.75 Å². The molecule has 0 heterocycles. The molecule has 0 radical (unpaired) electrons. The molecule has 2 rings (SSSR count). The zero-order valence-corrected chi connectivity index (χ0v) is 17.7. The van der Waals surface area contributed by atoms with Gasteiger partial charge in [-0.1, -0.05) is 12.1 Å². The summed E-state index contributed by atoms with van der Waals surface area (Å²) in [6, 6.07) is 10.2. The Morgan fingerprint density at radius 1 is 0.833 bits per heavy atom. The largest absolute Gasteiger partial charge is 0.497 e. The first kappa shape index (κ1) is 22.9. The van der Waals surface area contributed by atoms with Gasteiger partial charge in [-0.15, -0.1) is 0 Å². The molecule has 8 heteroatoms. The molecule has 0 aliphatic rings. The first-order valence-corrected chi connectivity index (χ1v) is 9.80. The molecule has 2 aromatic rings.